The molecule has 2 aromatic carbocycles. The molecule has 30 heavy (non-hydrogen) atoms. The molecule has 3 aromatic rings. The smallest absolute Gasteiger partial charge is 0.305 e. The van der Waals surface area contributed by atoms with E-state index in [1.807, 2.05) is 0 Å². The first-order chi connectivity index (χ1) is 14.4. The molecule has 2 N–H and O–H groups in total. The van der Waals surface area contributed by atoms with E-state index in [1.165, 1.54) is 34.9 Å². The molecule has 0 saturated carbocycles. The summed E-state index contributed by atoms with van der Waals surface area (Å²) >= 11 is 6.95. The molecule has 7 nitrogen and oxygen atoms in total. The maximum Gasteiger partial charge on any atom is 0.325 e. The molecule has 1 aromatic heterocycles. The van der Waals surface area contributed by atoms with Crippen molar-refractivity contribution in [2.45, 2.75) is 11.7 Å². The van der Waals surface area contributed by atoms with Crippen LogP contribution in [0.15, 0.2) is 65.1 Å². The molecular formula is C20H16ClFN4O3S. The van der Waals surface area contributed by atoms with Crippen LogP contribution in [0, 0.1) is 5.82 Å². The molecule has 0 aliphatic carbocycles. The zero-order chi connectivity index (χ0) is 21.7. The highest BCUT2D eigenvalue weighted by molar-refractivity contribution is 7.99. The highest BCUT2D eigenvalue weighted by Crippen LogP contribution is 2.20. The number of imide groups is 1. The van der Waals surface area contributed by atoms with E-state index in [0.29, 0.717) is 21.1 Å². The lowest BCUT2D eigenvalue weighted by molar-refractivity contribution is -0.117. The molecule has 0 saturated heterocycles. The van der Waals surface area contributed by atoms with Gasteiger partial charge >= 0.3 is 6.03 Å². The molecule has 0 radical (unpaired) electrons. The van der Waals surface area contributed by atoms with Gasteiger partial charge in [0.1, 0.15) is 5.82 Å². The number of thioether (sulfide) groups is 1. The number of allylic oxidation sites excluding steroid dienone is 1. The van der Waals surface area contributed by atoms with Crippen LogP contribution in [0.1, 0.15) is 0 Å². The minimum absolute atomic E-state index is 0.0508. The number of carbonyl (C=O) groups is 2. The second kappa shape index (κ2) is 9.55. The van der Waals surface area contributed by atoms with Crippen LogP contribution in [0.5, 0.6) is 0 Å². The molecule has 154 valence electrons. The van der Waals surface area contributed by atoms with Crippen LogP contribution >= 0.6 is 23.4 Å². The second-order valence-electron chi connectivity index (χ2n) is 6.03. The lowest BCUT2D eigenvalue weighted by Crippen LogP contribution is -2.36. The van der Waals surface area contributed by atoms with Crippen molar-refractivity contribution in [3.8, 4) is 0 Å². The fraction of sp³-hybridized carbons (Fsp3) is 0.100. The van der Waals surface area contributed by atoms with Gasteiger partial charge < -0.3 is 5.32 Å². The van der Waals surface area contributed by atoms with Crippen LogP contribution in [0.2, 0.25) is 5.02 Å². The number of halogens is 2. The summed E-state index contributed by atoms with van der Waals surface area (Å²) in [7, 11) is 0. The summed E-state index contributed by atoms with van der Waals surface area (Å²) in [5.74, 6) is -1.44. The Morgan fingerprint density at radius 1 is 1.27 bits per heavy atom. The highest BCUT2D eigenvalue weighted by Gasteiger charge is 2.15. The van der Waals surface area contributed by atoms with E-state index in [0.717, 1.165) is 11.8 Å². The maximum absolute atomic E-state index is 13.6. The van der Waals surface area contributed by atoms with Gasteiger partial charge in [0.05, 0.1) is 22.3 Å². The van der Waals surface area contributed by atoms with E-state index < -0.39 is 17.8 Å². The number of para-hydroxylation sites is 1. The van der Waals surface area contributed by atoms with Gasteiger partial charge in [-0.05, 0) is 30.3 Å². The Kier molecular flexibility index (Phi) is 6.86. The average molecular weight is 447 g/mol. The van der Waals surface area contributed by atoms with Crippen molar-refractivity contribution < 1.29 is 14.0 Å². The third-order valence-electron chi connectivity index (χ3n) is 3.90. The van der Waals surface area contributed by atoms with Crippen molar-refractivity contribution in [2.75, 3.05) is 11.1 Å². The van der Waals surface area contributed by atoms with Crippen LogP contribution in [0.3, 0.4) is 0 Å². The standard InChI is InChI=1S/C20H16ClFN4O3S/c1-2-9-26-18(28)13-10-12(21)7-8-15(13)24-20(26)30-11-17(27)25-19(29)23-16-6-4-3-5-14(16)22/h2-8,10H,1,9,11H2,(H2,23,25,27,29). The van der Waals surface area contributed by atoms with E-state index >= 15 is 0 Å². The fourth-order valence-corrected chi connectivity index (χ4v) is 3.56. The third-order valence-corrected chi connectivity index (χ3v) is 5.11. The van der Waals surface area contributed by atoms with Crippen LogP contribution in [0.25, 0.3) is 10.9 Å². The number of hydrogen-bond acceptors (Lipinski definition) is 5. The van der Waals surface area contributed by atoms with Gasteiger partial charge in [0.15, 0.2) is 5.16 Å². The number of fused-ring (bicyclic) bond motifs is 1. The molecule has 0 bridgehead atoms. The number of hydrogen-bond donors (Lipinski definition) is 2. The molecule has 1 heterocycles. The molecule has 3 amide bonds. The summed E-state index contributed by atoms with van der Waals surface area (Å²) in [4.78, 5) is 41.2. The van der Waals surface area contributed by atoms with E-state index in [9.17, 15) is 18.8 Å². The quantitative estimate of drug-likeness (QED) is 0.341. The Morgan fingerprint density at radius 2 is 2.03 bits per heavy atom. The predicted octanol–water partition coefficient (Wildman–Crippen LogP) is 3.82. The van der Waals surface area contributed by atoms with Crippen LogP contribution in [0.4, 0.5) is 14.9 Å². The molecule has 0 spiro atoms. The Morgan fingerprint density at radius 3 is 2.77 bits per heavy atom. The summed E-state index contributed by atoms with van der Waals surface area (Å²) in [5, 5.41) is 5.42. The topological polar surface area (TPSA) is 93.1 Å². The Labute approximate surface area is 179 Å². The lowest BCUT2D eigenvalue weighted by atomic mass is 10.2. The van der Waals surface area contributed by atoms with Gasteiger partial charge in [-0.1, -0.05) is 41.6 Å². The van der Waals surface area contributed by atoms with Crippen LogP contribution in [-0.4, -0.2) is 27.2 Å². The molecule has 0 atom stereocenters. The number of amides is 3. The minimum Gasteiger partial charge on any atom is -0.305 e. The summed E-state index contributed by atoms with van der Waals surface area (Å²) in [5.41, 5.74) is 0.0673. The van der Waals surface area contributed by atoms with Crippen molar-refractivity contribution in [2.24, 2.45) is 0 Å². The first-order valence-electron chi connectivity index (χ1n) is 8.68. The van der Waals surface area contributed by atoms with Gasteiger partial charge in [-0.25, -0.2) is 14.2 Å². The molecule has 10 heteroatoms. The van der Waals surface area contributed by atoms with Crippen molar-refractivity contribution >= 4 is 51.9 Å². The normalized spacial score (nSPS) is 10.6. The summed E-state index contributed by atoms with van der Waals surface area (Å²) in [6.45, 7) is 3.82. The highest BCUT2D eigenvalue weighted by atomic mass is 35.5. The molecule has 0 aliphatic heterocycles. The minimum atomic E-state index is -0.865. The van der Waals surface area contributed by atoms with Crippen molar-refractivity contribution in [1.82, 2.24) is 14.9 Å². The van der Waals surface area contributed by atoms with E-state index in [2.05, 4.69) is 22.2 Å². The summed E-state index contributed by atoms with van der Waals surface area (Å²) < 4.78 is 14.9. The first-order valence-corrected chi connectivity index (χ1v) is 10.0. The van der Waals surface area contributed by atoms with Crippen molar-refractivity contribution in [3.63, 3.8) is 0 Å². The van der Waals surface area contributed by atoms with Gasteiger partial charge in [0.2, 0.25) is 5.91 Å². The number of benzene rings is 2. The summed E-state index contributed by atoms with van der Waals surface area (Å²) in [6, 6.07) is 9.47. The fourth-order valence-electron chi connectivity index (χ4n) is 2.58. The largest absolute Gasteiger partial charge is 0.325 e. The maximum atomic E-state index is 13.6. The molecule has 0 aliphatic rings. The van der Waals surface area contributed by atoms with Gasteiger partial charge in [0.25, 0.3) is 5.56 Å². The van der Waals surface area contributed by atoms with Gasteiger partial charge in [-0.3, -0.25) is 19.5 Å². The van der Waals surface area contributed by atoms with Crippen molar-refractivity contribution in [1.29, 1.82) is 0 Å². The van der Waals surface area contributed by atoms with Gasteiger partial charge in [-0.15, -0.1) is 6.58 Å². The van der Waals surface area contributed by atoms with Gasteiger partial charge in [-0.2, -0.15) is 0 Å². The third kappa shape index (κ3) is 5.05. The predicted molar refractivity (Wildman–Crippen MR) is 115 cm³/mol. The lowest BCUT2D eigenvalue weighted by Gasteiger charge is -2.12. The molecular weight excluding hydrogens is 431 g/mol. The number of nitrogens with one attached hydrogen (secondary N) is 2. The molecule has 3 rings (SSSR count). The number of anilines is 1. The van der Waals surface area contributed by atoms with E-state index in [4.69, 9.17) is 11.6 Å². The van der Waals surface area contributed by atoms with E-state index in [1.54, 1.807) is 18.2 Å². The second-order valence-corrected chi connectivity index (χ2v) is 7.41. The number of rotatable bonds is 6. The SMILES string of the molecule is C=CCn1c(SCC(=O)NC(=O)Nc2ccccc2F)nc2ccc(Cl)cc2c1=O. The monoisotopic (exact) mass is 446 g/mol. The zero-order valence-corrected chi connectivity index (χ0v) is 17.1. The average Bonchev–Trinajstić information content (AvgIpc) is 2.71. The summed E-state index contributed by atoms with van der Waals surface area (Å²) in [6.07, 6.45) is 1.53. The number of nitrogens with zero attached hydrogens (tertiary/aromatic N) is 2. The molecule has 0 fully saturated rings. The first kappa shape index (κ1) is 21.5. The number of carbonyl (C=O) groups excluding carboxylic acids is 2. The Balaban J connectivity index is 1.72. The van der Waals surface area contributed by atoms with Crippen LogP contribution < -0.4 is 16.2 Å². The molecule has 0 unspecified atom stereocenters. The number of aromatic nitrogens is 2. The zero-order valence-electron chi connectivity index (χ0n) is 15.5. The Bertz CT molecular complexity index is 1200. The Hall–Kier alpha value is -3.17. The van der Waals surface area contributed by atoms with Gasteiger partial charge in [0, 0.05) is 11.6 Å². The number of urea groups is 1. The van der Waals surface area contributed by atoms with Crippen molar-refractivity contribution in [3.05, 3.63) is 76.3 Å². The van der Waals surface area contributed by atoms with E-state index in [-0.39, 0.29) is 23.5 Å². The van der Waals surface area contributed by atoms with Crippen LogP contribution in [-0.2, 0) is 11.3 Å².